The maximum Gasteiger partial charge on any atom is 0.124 e. The molecule has 1 atom stereocenters. The van der Waals surface area contributed by atoms with Crippen LogP contribution in [0.15, 0.2) is 48.5 Å². The van der Waals surface area contributed by atoms with E-state index in [-0.39, 0.29) is 12.4 Å². The standard InChI is InChI=1S/C15H14ClFO2/c16-15-9-12(17)7-6-11(15)8-13(18)10-19-14-4-2-1-3-5-14/h1-7,9,13,18H,8,10H2. The summed E-state index contributed by atoms with van der Waals surface area (Å²) in [4.78, 5) is 0. The maximum absolute atomic E-state index is 12.9. The van der Waals surface area contributed by atoms with Gasteiger partial charge in [0.05, 0.1) is 6.10 Å². The minimum Gasteiger partial charge on any atom is -0.491 e. The maximum atomic E-state index is 12.9. The van der Waals surface area contributed by atoms with Gasteiger partial charge in [0.15, 0.2) is 0 Å². The van der Waals surface area contributed by atoms with Crippen LogP contribution in [0.25, 0.3) is 0 Å². The summed E-state index contributed by atoms with van der Waals surface area (Å²) in [5, 5.41) is 10.2. The van der Waals surface area contributed by atoms with Crippen molar-refractivity contribution in [1.29, 1.82) is 0 Å². The van der Waals surface area contributed by atoms with E-state index in [4.69, 9.17) is 16.3 Å². The number of hydrogen-bond donors (Lipinski definition) is 1. The highest BCUT2D eigenvalue weighted by atomic mass is 35.5. The molecule has 1 N–H and O–H groups in total. The third-order valence-electron chi connectivity index (χ3n) is 2.66. The van der Waals surface area contributed by atoms with E-state index in [0.717, 1.165) is 0 Å². The highest BCUT2D eigenvalue weighted by Gasteiger charge is 2.10. The van der Waals surface area contributed by atoms with Gasteiger partial charge in [-0.15, -0.1) is 0 Å². The number of halogens is 2. The number of aliphatic hydroxyl groups excluding tert-OH is 1. The molecular formula is C15H14ClFO2. The molecule has 2 rings (SSSR count). The second kappa shape index (κ2) is 6.55. The molecule has 0 aromatic heterocycles. The van der Waals surface area contributed by atoms with Crippen molar-refractivity contribution in [3.8, 4) is 5.75 Å². The van der Waals surface area contributed by atoms with Gasteiger partial charge in [-0.3, -0.25) is 0 Å². The first-order valence-electron chi connectivity index (χ1n) is 5.95. The van der Waals surface area contributed by atoms with Crippen LogP contribution in [-0.4, -0.2) is 17.8 Å². The number of rotatable bonds is 5. The highest BCUT2D eigenvalue weighted by Crippen LogP contribution is 2.19. The smallest absolute Gasteiger partial charge is 0.124 e. The fourth-order valence-corrected chi connectivity index (χ4v) is 1.95. The molecule has 0 aliphatic rings. The predicted octanol–water partition coefficient (Wildman–Crippen LogP) is 3.46. The van der Waals surface area contributed by atoms with Gasteiger partial charge in [0.2, 0.25) is 0 Å². The van der Waals surface area contributed by atoms with Crippen molar-refractivity contribution in [2.75, 3.05) is 6.61 Å². The Morgan fingerprint density at radius 3 is 2.58 bits per heavy atom. The molecule has 0 saturated carbocycles. The van der Waals surface area contributed by atoms with E-state index in [2.05, 4.69) is 0 Å². The lowest BCUT2D eigenvalue weighted by atomic mass is 10.1. The summed E-state index contributed by atoms with van der Waals surface area (Å²) in [6, 6.07) is 13.4. The lowest BCUT2D eigenvalue weighted by molar-refractivity contribution is 0.108. The first-order valence-corrected chi connectivity index (χ1v) is 6.33. The van der Waals surface area contributed by atoms with Crippen molar-refractivity contribution in [2.45, 2.75) is 12.5 Å². The number of benzene rings is 2. The van der Waals surface area contributed by atoms with Gasteiger partial charge in [-0.25, -0.2) is 4.39 Å². The van der Waals surface area contributed by atoms with Gasteiger partial charge in [0.25, 0.3) is 0 Å². The fourth-order valence-electron chi connectivity index (χ4n) is 1.71. The zero-order valence-electron chi connectivity index (χ0n) is 10.2. The Labute approximate surface area is 116 Å². The Kier molecular flexibility index (Phi) is 4.77. The van der Waals surface area contributed by atoms with E-state index in [1.165, 1.54) is 12.1 Å². The lowest BCUT2D eigenvalue weighted by Gasteiger charge is -2.13. The van der Waals surface area contributed by atoms with Crippen LogP contribution < -0.4 is 4.74 Å². The summed E-state index contributed by atoms with van der Waals surface area (Å²) in [5.74, 6) is 0.315. The zero-order chi connectivity index (χ0) is 13.7. The van der Waals surface area contributed by atoms with Crippen molar-refractivity contribution in [2.24, 2.45) is 0 Å². The number of para-hydroxylation sites is 1. The third kappa shape index (κ3) is 4.23. The van der Waals surface area contributed by atoms with Crippen LogP contribution in [0.4, 0.5) is 4.39 Å². The van der Waals surface area contributed by atoms with E-state index in [9.17, 15) is 9.50 Å². The average Bonchev–Trinajstić information content (AvgIpc) is 2.41. The zero-order valence-corrected chi connectivity index (χ0v) is 11.0. The van der Waals surface area contributed by atoms with Gasteiger partial charge < -0.3 is 9.84 Å². The highest BCUT2D eigenvalue weighted by molar-refractivity contribution is 6.31. The molecule has 0 aliphatic heterocycles. The molecule has 0 amide bonds. The molecule has 0 fully saturated rings. The number of ether oxygens (including phenoxy) is 1. The Morgan fingerprint density at radius 1 is 1.16 bits per heavy atom. The average molecular weight is 281 g/mol. The van der Waals surface area contributed by atoms with Crippen LogP contribution in [0.2, 0.25) is 5.02 Å². The fraction of sp³-hybridized carbons (Fsp3) is 0.200. The Hall–Kier alpha value is -1.58. The third-order valence-corrected chi connectivity index (χ3v) is 3.01. The van der Waals surface area contributed by atoms with E-state index in [1.54, 1.807) is 6.07 Å². The SMILES string of the molecule is OC(COc1ccccc1)Cc1ccc(F)cc1Cl. The van der Waals surface area contributed by atoms with Gasteiger partial charge >= 0.3 is 0 Å². The summed E-state index contributed by atoms with van der Waals surface area (Å²) in [6.07, 6.45) is -0.366. The first kappa shape index (κ1) is 13.8. The topological polar surface area (TPSA) is 29.5 Å². The van der Waals surface area contributed by atoms with Gasteiger partial charge in [0, 0.05) is 11.4 Å². The van der Waals surface area contributed by atoms with E-state index in [0.29, 0.717) is 22.8 Å². The molecule has 0 spiro atoms. The van der Waals surface area contributed by atoms with Crippen LogP contribution in [0.3, 0.4) is 0 Å². The minimum atomic E-state index is -0.692. The van der Waals surface area contributed by atoms with E-state index >= 15 is 0 Å². The molecule has 0 heterocycles. The Morgan fingerprint density at radius 2 is 1.89 bits per heavy atom. The van der Waals surface area contributed by atoms with E-state index < -0.39 is 6.10 Å². The van der Waals surface area contributed by atoms with Crippen LogP contribution in [0, 0.1) is 5.82 Å². The van der Waals surface area contributed by atoms with Gasteiger partial charge in [-0.1, -0.05) is 35.9 Å². The molecule has 1 unspecified atom stereocenters. The first-order chi connectivity index (χ1) is 9.15. The normalized spacial score (nSPS) is 12.2. The van der Waals surface area contributed by atoms with Crippen molar-refractivity contribution in [3.05, 3.63) is 64.9 Å². The van der Waals surface area contributed by atoms with Crippen molar-refractivity contribution in [3.63, 3.8) is 0 Å². The van der Waals surface area contributed by atoms with Crippen LogP contribution in [0.1, 0.15) is 5.56 Å². The van der Waals surface area contributed by atoms with Gasteiger partial charge in [-0.05, 0) is 29.8 Å². The van der Waals surface area contributed by atoms with Crippen LogP contribution in [-0.2, 0) is 6.42 Å². The Bertz CT molecular complexity index is 531. The molecule has 0 aliphatic carbocycles. The lowest BCUT2D eigenvalue weighted by Crippen LogP contribution is -2.20. The molecule has 100 valence electrons. The molecule has 2 aromatic rings. The predicted molar refractivity (Wildman–Crippen MR) is 73.1 cm³/mol. The summed E-state index contributed by atoms with van der Waals surface area (Å²) in [5.41, 5.74) is 0.701. The number of aliphatic hydroxyl groups is 1. The summed E-state index contributed by atoms with van der Waals surface area (Å²) >= 11 is 5.90. The van der Waals surface area contributed by atoms with Gasteiger partial charge in [0.1, 0.15) is 18.2 Å². The molecular weight excluding hydrogens is 267 g/mol. The quantitative estimate of drug-likeness (QED) is 0.909. The van der Waals surface area contributed by atoms with Crippen LogP contribution >= 0.6 is 11.6 Å². The molecule has 2 nitrogen and oxygen atoms in total. The van der Waals surface area contributed by atoms with Crippen molar-refractivity contribution >= 4 is 11.6 Å². The van der Waals surface area contributed by atoms with Crippen molar-refractivity contribution in [1.82, 2.24) is 0 Å². The molecule has 2 aromatic carbocycles. The monoisotopic (exact) mass is 280 g/mol. The van der Waals surface area contributed by atoms with Crippen molar-refractivity contribution < 1.29 is 14.2 Å². The Balaban J connectivity index is 1.89. The minimum absolute atomic E-state index is 0.164. The summed E-state index contributed by atoms with van der Waals surface area (Å²) in [6.45, 7) is 0.164. The summed E-state index contributed by atoms with van der Waals surface area (Å²) < 4.78 is 18.3. The molecule has 0 radical (unpaired) electrons. The summed E-state index contributed by atoms with van der Waals surface area (Å²) in [7, 11) is 0. The van der Waals surface area contributed by atoms with Crippen LogP contribution in [0.5, 0.6) is 5.75 Å². The van der Waals surface area contributed by atoms with E-state index in [1.807, 2.05) is 30.3 Å². The molecule has 19 heavy (non-hydrogen) atoms. The second-order valence-corrected chi connectivity index (χ2v) is 4.62. The second-order valence-electron chi connectivity index (χ2n) is 4.22. The number of hydrogen-bond acceptors (Lipinski definition) is 2. The molecule has 4 heteroatoms. The van der Waals surface area contributed by atoms with Gasteiger partial charge in [-0.2, -0.15) is 0 Å². The molecule has 0 bridgehead atoms. The largest absolute Gasteiger partial charge is 0.491 e. The molecule has 0 saturated heterocycles.